The van der Waals surface area contributed by atoms with Gasteiger partial charge in [-0.2, -0.15) is 4.98 Å². The molecule has 2 rings (SSSR count). The van der Waals surface area contributed by atoms with Crippen molar-refractivity contribution in [2.45, 2.75) is 46.6 Å². The zero-order valence-corrected chi connectivity index (χ0v) is 13.1. The number of nitrogens with zero attached hydrogens (tertiary/aromatic N) is 2. The molecule has 20 heavy (non-hydrogen) atoms. The van der Waals surface area contributed by atoms with Crippen LogP contribution in [0.3, 0.4) is 0 Å². The predicted octanol–water partition coefficient (Wildman–Crippen LogP) is 3.32. The number of pyridine rings is 1. The molecule has 1 aliphatic rings. The highest BCUT2D eigenvalue weighted by atomic mass is 16.5. The van der Waals surface area contributed by atoms with E-state index < -0.39 is 0 Å². The fourth-order valence-electron chi connectivity index (χ4n) is 2.16. The van der Waals surface area contributed by atoms with E-state index in [1.54, 1.807) is 0 Å². The standard InChI is InChI=1S/C16H27N3O/c1-11(2)9-19(12(3)4)15-8-7-14(17)16(18-15)20-10-13-5-6-13/h7-8,11-13H,5-6,9-10,17H2,1-4H3. The first kappa shape index (κ1) is 14.9. The number of nitrogen functional groups attached to an aromatic ring is 1. The third kappa shape index (κ3) is 4.02. The van der Waals surface area contributed by atoms with Gasteiger partial charge >= 0.3 is 0 Å². The Hall–Kier alpha value is -1.45. The molecule has 4 nitrogen and oxygen atoms in total. The van der Waals surface area contributed by atoms with Gasteiger partial charge < -0.3 is 15.4 Å². The molecule has 2 N–H and O–H groups in total. The molecular formula is C16H27N3O. The Balaban J connectivity index is 2.13. The van der Waals surface area contributed by atoms with Crippen LogP contribution >= 0.6 is 0 Å². The molecule has 1 aromatic heterocycles. The first-order valence-electron chi connectivity index (χ1n) is 7.63. The summed E-state index contributed by atoms with van der Waals surface area (Å²) in [4.78, 5) is 6.93. The van der Waals surface area contributed by atoms with Crippen LogP contribution in [0.25, 0.3) is 0 Å². The molecule has 1 aromatic rings. The van der Waals surface area contributed by atoms with E-state index in [1.807, 2.05) is 12.1 Å². The first-order valence-corrected chi connectivity index (χ1v) is 7.63. The maximum absolute atomic E-state index is 5.97. The summed E-state index contributed by atoms with van der Waals surface area (Å²) < 4.78 is 5.77. The van der Waals surface area contributed by atoms with Crippen molar-refractivity contribution in [3.8, 4) is 5.88 Å². The quantitative estimate of drug-likeness (QED) is 0.830. The maximum atomic E-state index is 5.97. The normalized spacial score (nSPS) is 14.9. The lowest BCUT2D eigenvalue weighted by molar-refractivity contribution is 0.290. The molecule has 1 saturated carbocycles. The van der Waals surface area contributed by atoms with E-state index in [0.717, 1.165) is 19.0 Å². The summed E-state index contributed by atoms with van der Waals surface area (Å²) in [6.45, 7) is 10.5. The molecule has 0 aromatic carbocycles. The van der Waals surface area contributed by atoms with Crippen LogP contribution in [0, 0.1) is 11.8 Å². The molecule has 0 aliphatic heterocycles. The summed E-state index contributed by atoms with van der Waals surface area (Å²) in [5.74, 6) is 2.84. The number of aromatic nitrogens is 1. The summed E-state index contributed by atoms with van der Waals surface area (Å²) in [6, 6.07) is 4.30. The van der Waals surface area contributed by atoms with Gasteiger partial charge in [-0.3, -0.25) is 0 Å². The maximum Gasteiger partial charge on any atom is 0.239 e. The monoisotopic (exact) mass is 277 g/mol. The molecule has 0 bridgehead atoms. The van der Waals surface area contributed by atoms with Crippen molar-refractivity contribution in [1.82, 2.24) is 4.98 Å². The van der Waals surface area contributed by atoms with Crippen molar-refractivity contribution in [1.29, 1.82) is 0 Å². The number of hydrogen-bond donors (Lipinski definition) is 1. The van der Waals surface area contributed by atoms with E-state index in [-0.39, 0.29) is 0 Å². The van der Waals surface area contributed by atoms with E-state index in [0.29, 0.717) is 29.4 Å². The van der Waals surface area contributed by atoms with Gasteiger partial charge in [0.15, 0.2) is 0 Å². The summed E-state index contributed by atoms with van der Waals surface area (Å²) in [5, 5.41) is 0. The molecule has 0 unspecified atom stereocenters. The van der Waals surface area contributed by atoms with Crippen molar-refractivity contribution in [3.63, 3.8) is 0 Å². The van der Waals surface area contributed by atoms with Gasteiger partial charge in [0.05, 0.1) is 12.3 Å². The van der Waals surface area contributed by atoms with E-state index in [2.05, 4.69) is 37.6 Å². The molecule has 112 valence electrons. The Morgan fingerprint density at radius 1 is 1.30 bits per heavy atom. The van der Waals surface area contributed by atoms with Crippen molar-refractivity contribution < 1.29 is 4.74 Å². The topological polar surface area (TPSA) is 51.4 Å². The second kappa shape index (κ2) is 6.33. The molecule has 0 saturated heterocycles. The van der Waals surface area contributed by atoms with Crippen LogP contribution in [-0.4, -0.2) is 24.2 Å². The number of hydrogen-bond acceptors (Lipinski definition) is 4. The summed E-state index contributed by atoms with van der Waals surface area (Å²) in [7, 11) is 0. The van der Waals surface area contributed by atoms with Gasteiger partial charge in [0.25, 0.3) is 0 Å². The molecule has 0 spiro atoms. The molecule has 0 atom stereocenters. The summed E-state index contributed by atoms with van der Waals surface area (Å²) in [5.41, 5.74) is 6.60. The number of nitrogens with two attached hydrogens (primary N) is 1. The molecule has 0 amide bonds. The van der Waals surface area contributed by atoms with E-state index in [1.165, 1.54) is 12.8 Å². The molecule has 1 aliphatic carbocycles. The lowest BCUT2D eigenvalue weighted by atomic mass is 10.2. The third-order valence-electron chi connectivity index (χ3n) is 3.51. The van der Waals surface area contributed by atoms with Crippen LogP contribution in [0.1, 0.15) is 40.5 Å². The highest BCUT2D eigenvalue weighted by Gasteiger charge is 2.23. The molecular weight excluding hydrogens is 250 g/mol. The van der Waals surface area contributed by atoms with Crippen molar-refractivity contribution in [3.05, 3.63) is 12.1 Å². The Morgan fingerprint density at radius 3 is 2.55 bits per heavy atom. The lowest BCUT2D eigenvalue weighted by Gasteiger charge is -2.30. The van der Waals surface area contributed by atoms with Crippen molar-refractivity contribution in [2.75, 3.05) is 23.8 Å². The number of ether oxygens (including phenoxy) is 1. The average Bonchev–Trinajstić information content (AvgIpc) is 3.19. The molecule has 1 fully saturated rings. The first-order chi connectivity index (χ1) is 9.47. The second-order valence-corrected chi connectivity index (χ2v) is 6.46. The van der Waals surface area contributed by atoms with Gasteiger partial charge in [-0.25, -0.2) is 0 Å². The minimum absolute atomic E-state index is 0.407. The van der Waals surface area contributed by atoms with Crippen LogP contribution in [0.15, 0.2) is 12.1 Å². The Bertz CT molecular complexity index is 441. The van der Waals surface area contributed by atoms with Gasteiger partial charge in [0.2, 0.25) is 5.88 Å². The SMILES string of the molecule is CC(C)CN(c1ccc(N)c(OCC2CC2)n1)C(C)C. The van der Waals surface area contributed by atoms with Crippen LogP contribution < -0.4 is 15.4 Å². The predicted molar refractivity (Wildman–Crippen MR) is 84.2 cm³/mol. The Morgan fingerprint density at radius 2 is 2.00 bits per heavy atom. The fraction of sp³-hybridized carbons (Fsp3) is 0.688. The summed E-state index contributed by atoms with van der Waals surface area (Å²) in [6.07, 6.45) is 2.54. The van der Waals surface area contributed by atoms with Gasteiger partial charge in [0, 0.05) is 12.6 Å². The number of anilines is 2. The second-order valence-electron chi connectivity index (χ2n) is 6.46. The van der Waals surface area contributed by atoms with Crippen LogP contribution in [-0.2, 0) is 0 Å². The van der Waals surface area contributed by atoms with E-state index >= 15 is 0 Å². The van der Waals surface area contributed by atoms with Crippen molar-refractivity contribution in [2.24, 2.45) is 11.8 Å². The highest BCUT2D eigenvalue weighted by Crippen LogP contribution is 2.31. The van der Waals surface area contributed by atoms with Crippen LogP contribution in [0.5, 0.6) is 5.88 Å². The number of rotatable bonds is 7. The van der Waals surface area contributed by atoms with Gasteiger partial charge in [-0.05, 0) is 50.7 Å². The van der Waals surface area contributed by atoms with Gasteiger partial charge in [-0.15, -0.1) is 0 Å². The zero-order valence-electron chi connectivity index (χ0n) is 13.1. The molecule has 4 heteroatoms. The largest absolute Gasteiger partial charge is 0.476 e. The van der Waals surface area contributed by atoms with Crippen LogP contribution in [0.2, 0.25) is 0 Å². The van der Waals surface area contributed by atoms with Gasteiger partial charge in [0.1, 0.15) is 5.82 Å². The van der Waals surface area contributed by atoms with E-state index in [4.69, 9.17) is 10.5 Å². The molecule has 1 heterocycles. The fourth-order valence-corrected chi connectivity index (χ4v) is 2.16. The smallest absolute Gasteiger partial charge is 0.239 e. The minimum atomic E-state index is 0.407. The Kier molecular flexibility index (Phi) is 4.73. The van der Waals surface area contributed by atoms with Crippen LogP contribution in [0.4, 0.5) is 11.5 Å². The van der Waals surface area contributed by atoms with Gasteiger partial charge in [-0.1, -0.05) is 13.8 Å². The third-order valence-corrected chi connectivity index (χ3v) is 3.51. The lowest BCUT2D eigenvalue weighted by Crippen LogP contribution is -2.34. The zero-order chi connectivity index (χ0) is 14.7. The minimum Gasteiger partial charge on any atom is -0.476 e. The van der Waals surface area contributed by atoms with Crippen molar-refractivity contribution >= 4 is 11.5 Å². The molecule has 0 radical (unpaired) electrons. The highest BCUT2D eigenvalue weighted by molar-refractivity contribution is 5.54. The average molecular weight is 277 g/mol. The Labute approximate surface area is 122 Å². The summed E-state index contributed by atoms with van der Waals surface area (Å²) >= 11 is 0. The van der Waals surface area contributed by atoms with E-state index in [9.17, 15) is 0 Å².